The highest BCUT2D eigenvalue weighted by atomic mass is 35.5. The van der Waals surface area contributed by atoms with Crippen LogP contribution in [0, 0.1) is 5.82 Å². The van der Waals surface area contributed by atoms with E-state index in [0.717, 1.165) is 36.1 Å². The number of benzene rings is 2. The van der Waals surface area contributed by atoms with Gasteiger partial charge in [-0.3, -0.25) is 9.59 Å². The predicted molar refractivity (Wildman–Crippen MR) is 143 cm³/mol. The van der Waals surface area contributed by atoms with Crippen molar-refractivity contribution < 1.29 is 22.4 Å². The Kier molecular flexibility index (Phi) is 9.80. The number of nitrogens with zero attached hydrogens (tertiary/aromatic N) is 3. The van der Waals surface area contributed by atoms with Gasteiger partial charge in [0, 0.05) is 42.3 Å². The lowest BCUT2D eigenvalue weighted by Gasteiger charge is -2.33. The van der Waals surface area contributed by atoms with E-state index in [9.17, 15) is 22.4 Å². The molecular weight excluding hydrogens is 542 g/mol. The summed E-state index contributed by atoms with van der Waals surface area (Å²) < 4.78 is 42.5. The zero-order chi connectivity index (χ0) is 27.3. The number of hydrogen-bond acceptors (Lipinski definition) is 4. The van der Waals surface area contributed by atoms with Crippen molar-refractivity contribution in [2.45, 2.75) is 51.2 Å². The van der Waals surface area contributed by atoms with Gasteiger partial charge < -0.3 is 10.2 Å². The van der Waals surface area contributed by atoms with E-state index >= 15 is 0 Å². The average molecular weight is 574 g/mol. The molecule has 12 heteroatoms. The van der Waals surface area contributed by atoms with Crippen LogP contribution in [0.4, 0.5) is 10.1 Å². The first-order chi connectivity index (χ1) is 17.4. The molecule has 1 saturated carbocycles. The highest BCUT2D eigenvalue weighted by molar-refractivity contribution is 7.90. The summed E-state index contributed by atoms with van der Waals surface area (Å²) in [4.78, 5) is 28.1. The highest BCUT2D eigenvalue weighted by Gasteiger charge is 2.34. The smallest absolute Gasteiger partial charge is 0.304 e. The number of nitrogens with one attached hydrogen (secondary N) is 1. The van der Waals surface area contributed by atoms with Crippen LogP contribution in [-0.4, -0.2) is 62.2 Å². The van der Waals surface area contributed by atoms with Gasteiger partial charge in [0.05, 0.1) is 5.69 Å². The Balaban J connectivity index is 1.98. The second-order valence-electron chi connectivity index (χ2n) is 9.14. The monoisotopic (exact) mass is 572 g/mol. The van der Waals surface area contributed by atoms with Crippen molar-refractivity contribution in [1.82, 2.24) is 14.5 Å². The Hall–Kier alpha value is -2.40. The van der Waals surface area contributed by atoms with E-state index in [1.54, 1.807) is 25.1 Å². The summed E-state index contributed by atoms with van der Waals surface area (Å²) in [5, 5.41) is 3.56. The number of anilines is 1. The molecule has 1 N–H and O–H groups in total. The number of carbonyl (C=O) groups is 2. The minimum atomic E-state index is -4.27. The van der Waals surface area contributed by atoms with Crippen molar-refractivity contribution in [3.8, 4) is 0 Å². The lowest BCUT2D eigenvalue weighted by molar-refractivity contribution is -0.139. The lowest BCUT2D eigenvalue weighted by Crippen LogP contribution is -2.53. The normalized spacial score (nSPS) is 15.0. The molecule has 0 aliphatic heterocycles. The summed E-state index contributed by atoms with van der Waals surface area (Å²) in [7, 11) is -1.70. The van der Waals surface area contributed by atoms with E-state index in [1.165, 1.54) is 37.2 Å². The van der Waals surface area contributed by atoms with Gasteiger partial charge in [0.2, 0.25) is 11.8 Å². The second kappa shape index (κ2) is 12.4. The first-order valence-corrected chi connectivity index (χ1v) is 14.1. The van der Waals surface area contributed by atoms with Crippen molar-refractivity contribution in [3.05, 3.63) is 63.9 Å². The Morgan fingerprint density at radius 3 is 2.22 bits per heavy atom. The van der Waals surface area contributed by atoms with Crippen LogP contribution >= 0.6 is 23.2 Å². The van der Waals surface area contributed by atoms with E-state index < -0.39 is 34.5 Å². The molecule has 1 fully saturated rings. The molecule has 8 nitrogen and oxygen atoms in total. The summed E-state index contributed by atoms with van der Waals surface area (Å²) in [5.41, 5.74) is 0.121. The molecule has 0 spiro atoms. The van der Waals surface area contributed by atoms with Gasteiger partial charge in [-0.15, -0.1) is 0 Å². The summed E-state index contributed by atoms with van der Waals surface area (Å²) in [5.74, 6) is -1.91. The fraction of sp³-hybridized carbons (Fsp3) is 0.440. The van der Waals surface area contributed by atoms with Crippen LogP contribution in [0.15, 0.2) is 42.5 Å². The molecule has 2 aromatic rings. The van der Waals surface area contributed by atoms with Crippen molar-refractivity contribution >= 4 is 50.9 Å². The topological polar surface area (TPSA) is 90.0 Å². The largest absolute Gasteiger partial charge is 0.352 e. The van der Waals surface area contributed by atoms with E-state index in [1.807, 2.05) is 0 Å². The average Bonchev–Trinajstić information content (AvgIpc) is 3.35. The highest BCUT2D eigenvalue weighted by Crippen LogP contribution is 2.28. The fourth-order valence-electron chi connectivity index (χ4n) is 4.18. The zero-order valence-electron chi connectivity index (χ0n) is 21.0. The van der Waals surface area contributed by atoms with Gasteiger partial charge >= 0.3 is 10.2 Å². The van der Waals surface area contributed by atoms with Crippen LogP contribution < -0.4 is 9.62 Å². The van der Waals surface area contributed by atoms with Crippen LogP contribution in [0.5, 0.6) is 0 Å². The quantitative estimate of drug-likeness (QED) is 0.461. The van der Waals surface area contributed by atoms with Crippen LogP contribution in [0.3, 0.4) is 0 Å². The second-order valence-corrected chi connectivity index (χ2v) is 12.0. The first-order valence-electron chi connectivity index (χ1n) is 11.9. The molecule has 2 amide bonds. The Bertz CT molecular complexity index is 1220. The maximum atomic E-state index is 14.7. The van der Waals surface area contributed by atoms with Gasteiger partial charge in [0.1, 0.15) is 18.4 Å². The summed E-state index contributed by atoms with van der Waals surface area (Å²) in [6.07, 6.45) is 3.73. The minimum absolute atomic E-state index is 0.0137. The van der Waals surface area contributed by atoms with Crippen molar-refractivity contribution in [3.63, 3.8) is 0 Å². The van der Waals surface area contributed by atoms with Crippen LogP contribution in [0.2, 0.25) is 10.0 Å². The molecule has 0 heterocycles. The molecule has 1 aliphatic carbocycles. The van der Waals surface area contributed by atoms with Crippen molar-refractivity contribution in [1.29, 1.82) is 0 Å². The van der Waals surface area contributed by atoms with Crippen LogP contribution in [0.25, 0.3) is 0 Å². The molecule has 0 radical (unpaired) electrons. The van der Waals surface area contributed by atoms with E-state index in [2.05, 4.69) is 5.32 Å². The SMILES string of the molecule is C[C@H](C(=O)NC1CCCC1)N(Cc1c(Cl)cccc1Cl)C(=O)CN(c1ccccc1F)S(=O)(=O)N(C)C. The molecule has 37 heavy (non-hydrogen) atoms. The van der Waals surface area contributed by atoms with E-state index in [4.69, 9.17) is 23.2 Å². The van der Waals surface area contributed by atoms with Crippen LogP contribution in [0.1, 0.15) is 38.2 Å². The molecule has 0 bridgehead atoms. The van der Waals surface area contributed by atoms with E-state index in [0.29, 0.717) is 19.9 Å². The van der Waals surface area contributed by atoms with Crippen molar-refractivity contribution in [2.75, 3.05) is 24.9 Å². The Morgan fingerprint density at radius 2 is 1.65 bits per heavy atom. The Labute approximate surface area is 227 Å². The molecule has 1 atom stereocenters. The van der Waals surface area contributed by atoms with Gasteiger partial charge in [-0.2, -0.15) is 12.7 Å². The van der Waals surface area contributed by atoms with Gasteiger partial charge in [-0.1, -0.05) is 54.2 Å². The van der Waals surface area contributed by atoms with E-state index in [-0.39, 0.29) is 24.2 Å². The van der Waals surface area contributed by atoms with Gasteiger partial charge in [-0.05, 0) is 44.0 Å². The fourth-order valence-corrected chi connectivity index (χ4v) is 5.77. The van der Waals surface area contributed by atoms with Gasteiger partial charge in [0.25, 0.3) is 0 Å². The molecule has 0 saturated heterocycles. The van der Waals surface area contributed by atoms with Crippen molar-refractivity contribution in [2.24, 2.45) is 0 Å². The van der Waals surface area contributed by atoms with Gasteiger partial charge in [-0.25, -0.2) is 8.70 Å². The lowest BCUT2D eigenvalue weighted by atomic mass is 10.1. The summed E-state index contributed by atoms with van der Waals surface area (Å²) in [6.45, 7) is 0.662. The predicted octanol–water partition coefficient (Wildman–Crippen LogP) is 4.22. The molecule has 202 valence electrons. The molecule has 0 aromatic heterocycles. The van der Waals surface area contributed by atoms with Crippen LogP contribution in [-0.2, 0) is 26.3 Å². The standard InChI is InChI=1S/C25H31Cl2FN4O4S/c1-17(25(34)29-18-9-4-5-10-18)31(15-19-20(26)11-8-12-21(19)27)24(33)16-32(37(35,36)30(2)3)23-14-7-6-13-22(23)28/h6-8,11-14,17-18H,4-5,9-10,15-16H2,1-3H3,(H,29,34)/t17-/m1/s1. The molecular formula is C25H31Cl2FN4O4S. The summed E-state index contributed by atoms with van der Waals surface area (Å²) in [6, 6.07) is 9.17. The number of carbonyl (C=O) groups excluding carboxylic acids is 2. The molecule has 0 unspecified atom stereocenters. The number of amides is 2. The molecule has 3 rings (SSSR count). The third-order valence-corrected chi connectivity index (χ3v) is 8.91. The Morgan fingerprint density at radius 1 is 1.05 bits per heavy atom. The number of rotatable bonds is 10. The maximum absolute atomic E-state index is 14.7. The van der Waals surface area contributed by atoms with Gasteiger partial charge in [0.15, 0.2) is 0 Å². The third kappa shape index (κ3) is 6.93. The number of para-hydroxylation sites is 1. The molecule has 2 aromatic carbocycles. The maximum Gasteiger partial charge on any atom is 0.304 e. The zero-order valence-corrected chi connectivity index (χ0v) is 23.3. The number of halogens is 3. The molecule has 1 aliphatic rings. The first kappa shape index (κ1) is 29.2. The number of hydrogen-bond donors (Lipinski definition) is 1. The summed E-state index contributed by atoms with van der Waals surface area (Å²) >= 11 is 12.7. The third-order valence-electron chi connectivity index (χ3n) is 6.40. The minimum Gasteiger partial charge on any atom is -0.352 e.